The Morgan fingerprint density at radius 2 is 1.27 bits per heavy atom. The second-order valence-electron chi connectivity index (χ2n) is 11.9. The number of aryl methyl sites for hydroxylation is 2. The van der Waals surface area contributed by atoms with Crippen LogP contribution in [-0.2, 0) is 5.41 Å². The van der Waals surface area contributed by atoms with Gasteiger partial charge in [-0.1, -0.05) is 84.0 Å². The van der Waals surface area contributed by atoms with E-state index in [1.165, 1.54) is 5.56 Å². The summed E-state index contributed by atoms with van der Waals surface area (Å²) in [6.45, 7) is 24.0. The molecule has 0 aliphatic carbocycles. The van der Waals surface area contributed by atoms with E-state index >= 15 is 0 Å². The molecule has 0 aliphatic rings. The third-order valence-corrected chi connectivity index (χ3v) is 7.47. The van der Waals surface area contributed by atoms with Gasteiger partial charge in [0.2, 0.25) is 0 Å². The lowest BCUT2D eigenvalue weighted by molar-refractivity contribution is 0.103. The Labute approximate surface area is 211 Å². The van der Waals surface area contributed by atoms with Crippen molar-refractivity contribution in [1.82, 2.24) is 0 Å². The van der Waals surface area contributed by atoms with E-state index in [9.17, 15) is 4.79 Å². The Kier molecular flexibility index (Phi) is 8.12. The summed E-state index contributed by atoms with van der Waals surface area (Å²) in [7, 11) is -3.15. The van der Waals surface area contributed by atoms with Crippen molar-refractivity contribution in [2.45, 2.75) is 79.3 Å². The molecule has 0 atom stereocenters. The second-order valence-corrected chi connectivity index (χ2v) is 22.3. The molecule has 0 unspecified atom stereocenters. The molecule has 0 spiro atoms. The molecule has 0 aliphatic heterocycles. The van der Waals surface area contributed by atoms with Gasteiger partial charge in [-0.25, -0.2) is 0 Å². The Bertz CT molecular complexity index is 1190. The summed E-state index contributed by atoms with van der Waals surface area (Å²) in [5, 5.41) is 0. The van der Waals surface area contributed by atoms with Gasteiger partial charge in [0.15, 0.2) is 5.78 Å². The summed E-state index contributed by atoms with van der Waals surface area (Å²) >= 11 is 3.70. The number of rotatable bonds is 2. The normalized spacial score (nSPS) is 11.9. The number of ketones is 1. The van der Waals surface area contributed by atoms with E-state index in [2.05, 4.69) is 111 Å². The van der Waals surface area contributed by atoms with Crippen molar-refractivity contribution in [3.8, 4) is 22.9 Å². The average molecular weight is 538 g/mol. The fourth-order valence-corrected chi connectivity index (χ4v) is 5.07. The van der Waals surface area contributed by atoms with Crippen LogP contribution in [0.1, 0.15) is 64.5 Å². The molecule has 33 heavy (non-hydrogen) atoms. The van der Waals surface area contributed by atoms with E-state index in [0.29, 0.717) is 5.56 Å². The van der Waals surface area contributed by atoms with E-state index in [1.54, 1.807) is 0 Å². The summed E-state index contributed by atoms with van der Waals surface area (Å²) in [5.74, 6) is 6.71. The molecule has 2 aromatic rings. The maximum absolute atomic E-state index is 13.9. The Morgan fingerprint density at radius 1 is 0.788 bits per heavy atom. The predicted octanol–water partition coefficient (Wildman–Crippen LogP) is 8.05. The van der Waals surface area contributed by atoms with Crippen LogP contribution in [0.15, 0.2) is 28.7 Å². The maximum Gasteiger partial charge on any atom is 0.195 e. The monoisotopic (exact) mass is 536 g/mol. The lowest BCUT2D eigenvalue weighted by atomic mass is 9.82. The van der Waals surface area contributed by atoms with Gasteiger partial charge in [-0.05, 0) is 64.0 Å². The minimum atomic E-state index is -1.63. The zero-order valence-corrected chi connectivity index (χ0v) is 25.7. The molecule has 174 valence electrons. The van der Waals surface area contributed by atoms with Gasteiger partial charge in [-0.15, -0.1) is 11.1 Å². The van der Waals surface area contributed by atoms with Gasteiger partial charge in [0.1, 0.15) is 16.1 Å². The topological polar surface area (TPSA) is 17.1 Å². The highest BCUT2D eigenvalue weighted by Gasteiger charge is 2.24. The van der Waals surface area contributed by atoms with Crippen LogP contribution < -0.4 is 0 Å². The second kappa shape index (κ2) is 9.79. The van der Waals surface area contributed by atoms with Crippen LogP contribution >= 0.6 is 15.9 Å². The van der Waals surface area contributed by atoms with E-state index in [1.807, 2.05) is 26.0 Å². The maximum atomic E-state index is 13.9. The van der Waals surface area contributed by atoms with Crippen LogP contribution in [0, 0.1) is 36.8 Å². The number of benzene rings is 2. The number of carbonyl (C=O) groups excluding carboxylic acids is 1. The van der Waals surface area contributed by atoms with Crippen molar-refractivity contribution in [1.29, 1.82) is 0 Å². The number of hydrogen-bond acceptors (Lipinski definition) is 1. The third-order valence-electron chi connectivity index (χ3n) is 5.10. The summed E-state index contributed by atoms with van der Waals surface area (Å²) in [5.41, 5.74) is 13.2. The van der Waals surface area contributed by atoms with E-state index in [-0.39, 0.29) is 11.2 Å². The SMILES string of the molecule is Cc1cc(C(C)(C)C)cc(C)c1C(=O)c1c(Br)cc(C#C[Si](C)(C)C)cc1C#C[Si](C)(C)C. The smallest absolute Gasteiger partial charge is 0.195 e. The van der Waals surface area contributed by atoms with E-state index in [4.69, 9.17) is 0 Å². The van der Waals surface area contributed by atoms with Gasteiger partial charge >= 0.3 is 0 Å². The summed E-state index contributed by atoms with van der Waals surface area (Å²) in [4.78, 5) is 13.9. The van der Waals surface area contributed by atoms with Crippen molar-refractivity contribution in [3.63, 3.8) is 0 Å². The number of hydrogen-bond donors (Lipinski definition) is 0. The van der Waals surface area contributed by atoms with Crippen molar-refractivity contribution in [2.24, 2.45) is 0 Å². The van der Waals surface area contributed by atoms with Gasteiger partial charge in [-0.3, -0.25) is 4.79 Å². The third kappa shape index (κ3) is 7.57. The van der Waals surface area contributed by atoms with Crippen molar-refractivity contribution in [3.05, 3.63) is 67.7 Å². The van der Waals surface area contributed by atoms with Crippen LogP contribution in [0.4, 0.5) is 0 Å². The van der Waals surface area contributed by atoms with E-state index < -0.39 is 16.1 Å². The van der Waals surface area contributed by atoms with Gasteiger partial charge in [0.25, 0.3) is 0 Å². The lowest BCUT2D eigenvalue weighted by Crippen LogP contribution is -2.17. The predicted molar refractivity (Wildman–Crippen MR) is 153 cm³/mol. The molecule has 0 amide bonds. The van der Waals surface area contributed by atoms with E-state index in [0.717, 1.165) is 32.3 Å². The molecule has 1 nitrogen and oxygen atoms in total. The highest BCUT2D eigenvalue weighted by atomic mass is 79.9. The van der Waals surface area contributed by atoms with Crippen LogP contribution in [-0.4, -0.2) is 21.9 Å². The Morgan fingerprint density at radius 3 is 1.73 bits per heavy atom. The van der Waals surface area contributed by atoms with Crippen molar-refractivity contribution in [2.75, 3.05) is 0 Å². The van der Waals surface area contributed by atoms with Crippen molar-refractivity contribution < 1.29 is 4.79 Å². The highest BCUT2D eigenvalue weighted by Crippen LogP contribution is 2.31. The number of halogens is 1. The lowest BCUT2D eigenvalue weighted by Gasteiger charge is -2.22. The quantitative estimate of drug-likeness (QED) is 0.215. The molecular weight excluding hydrogens is 500 g/mol. The van der Waals surface area contributed by atoms with Gasteiger partial charge in [-0.2, -0.15) is 0 Å². The average Bonchev–Trinajstić information content (AvgIpc) is 2.61. The molecule has 0 bridgehead atoms. The van der Waals surface area contributed by atoms with Gasteiger partial charge in [0.05, 0.1) is 5.56 Å². The van der Waals surface area contributed by atoms with Crippen LogP contribution in [0.5, 0.6) is 0 Å². The summed E-state index contributed by atoms with van der Waals surface area (Å²) < 4.78 is 0.758. The summed E-state index contributed by atoms with van der Waals surface area (Å²) in [6, 6.07) is 8.26. The van der Waals surface area contributed by atoms with Crippen LogP contribution in [0.25, 0.3) is 0 Å². The first-order chi connectivity index (χ1) is 14.9. The first-order valence-corrected chi connectivity index (χ1v) is 19.2. The minimum Gasteiger partial charge on any atom is -0.289 e. The first kappa shape index (κ1) is 27.4. The van der Waals surface area contributed by atoms with Gasteiger partial charge < -0.3 is 0 Å². The molecule has 0 heterocycles. The van der Waals surface area contributed by atoms with Crippen LogP contribution in [0.3, 0.4) is 0 Å². The number of carbonyl (C=O) groups is 1. The molecular formula is C29H37BrOSi2. The zero-order valence-electron chi connectivity index (χ0n) is 22.1. The minimum absolute atomic E-state index is 0.0157. The summed E-state index contributed by atoms with van der Waals surface area (Å²) in [6.07, 6.45) is 0. The first-order valence-electron chi connectivity index (χ1n) is 11.5. The molecule has 0 fully saturated rings. The van der Waals surface area contributed by atoms with Gasteiger partial charge in [0, 0.05) is 21.2 Å². The molecule has 2 aromatic carbocycles. The molecule has 0 radical (unpaired) electrons. The molecule has 0 aromatic heterocycles. The molecule has 0 saturated heterocycles. The largest absolute Gasteiger partial charge is 0.289 e. The molecule has 2 rings (SSSR count). The fraction of sp³-hybridized carbons (Fsp3) is 0.414. The zero-order chi connectivity index (χ0) is 25.4. The molecule has 0 saturated carbocycles. The Balaban J connectivity index is 2.76. The standard InChI is InChI=1S/C29H37BrOSi2/c1-20-16-24(29(3,4)5)17-21(2)26(20)28(31)27-23(13-15-33(9,10)11)18-22(19-25(27)30)12-14-32(6,7)8/h16-19H,1-11H3. The Hall–Kier alpha value is -1.86. The molecule has 4 heteroatoms. The molecule has 0 N–H and O–H groups in total. The fourth-order valence-electron chi connectivity index (χ4n) is 3.40. The highest BCUT2D eigenvalue weighted by molar-refractivity contribution is 9.10. The van der Waals surface area contributed by atoms with Crippen LogP contribution in [0.2, 0.25) is 39.3 Å². The van der Waals surface area contributed by atoms with Crippen molar-refractivity contribution >= 4 is 37.9 Å².